The standard InChI is InChI=1S/C10H20N2O2/c1-11-6-7-12-10(13)8-14-9-4-2-3-5-9/h9,11H,2-8H2,1H3,(H,12,13). The molecule has 0 aromatic carbocycles. The van der Waals surface area contributed by atoms with E-state index in [0.717, 1.165) is 19.4 Å². The molecule has 4 nitrogen and oxygen atoms in total. The summed E-state index contributed by atoms with van der Waals surface area (Å²) in [5.41, 5.74) is 0. The van der Waals surface area contributed by atoms with E-state index in [4.69, 9.17) is 4.74 Å². The monoisotopic (exact) mass is 200 g/mol. The molecular weight excluding hydrogens is 180 g/mol. The number of hydrogen-bond acceptors (Lipinski definition) is 3. The Balaban J connectivity index is 1.96. The van der Waals surface area contributed by atoms with Crippen molar-refractivity contribution in [2.75, 3.05) is 26.7 Å². The lowest BCUT2D eigenvalue weighted by Crippen LogP contribution is -2.33. The number of carbonyl (C=O) groups excluding carboxylic acids is 1. The van der Waals surface area contributed by atoms with Crippen LogP contribution in [0.25, 0.3) is 0 Å². The first-order chi connectivity index (χ1) is 6.83. The Labute approximate surface area is 85.4 Å². The summed E-state index contributed by atoms with van der Waals surface area (Å²) < 4.78 is 5.46. The summed E-state index contributed by atoms with van der Waals surface area (Å²) >= 11 is 0. The summed E-state index contributed by atoms with van der Waals surface area (Å²) in [5.74, 6) is -0.00727. The SMILES string of the molecule is CNCCNC(=O)COC1CCCC1. The number of nitrogens with one attached hydrogen (secondary N) is 2. The van der Waals surface area contributed by atoms with Gasteiger partial charge >= 0.3 is 0 Å². The third-order valence-corrected chi connectivity index (χ3v) is 2.45. The molecule has 1 fully saturated rings. The molecule has 82 valence electrons. The van der Waals surface area contributed by atoms with Crippen molar-refractivity contribution in [1.82, 2.24) is 10.6 Å². The summed E-state index contributed by atoms with van der Waals surface area (Å²) in [6, 6.07) is 0. The fourth-order valence-electron chi connectivity index (χ4n) is 1.63. The van der Waals surface area contributed by atoms with Gasteiger partial charge in [0.25, 0.3) is 0 Å². The molecule has 14 heavy (non-hydrogen) atoms. The van der Waals surface area contributed by atoms with Gasteiger partial charge in [0.2, 0.25) is 5.91 Å². The van der Waals surface area contributed by atoms with E-state index in [1.807, 2.05) is 7.05 Å². The highest BCUT2D eigenvalue weighted by Gasteiger charge is 2.16. The molecule has 0 unspecified atom stereocenters. The quantitative estimate of drug-likeness (QED) is 0.606. The van der Waals surface area contributed by atoms with Crippen LogP contribution >= 0.6 is 0 Å². The Morgan fingerprint density at radius 1 is 1.36 bits per heavy atom. The second-order valence-corrected chi connectivity index (χ2v) is 3.67. The van der Waals surface area contributed by atoms with E-state index in [9.17, 15) is 4.79 Å². The molecule has 0 bridgehead atoms. The minimum atomic E-state index is -0.00727. The predicted octanol–water partition coefficient (Wildman–Crippen LogP) is 0.281. The lowest BCUT2D eigenvalue weighted by molar-refractivity contribution is -0.127. The largest absolute Gasteiger partial charge is 0.368 e. The van der Waals surface area contributed by atoms with E-state index < -0.39 is 0 Å². The van der Waals surface area contributed by atoms with Crippen molar-refractivity contribution >= 4 is 5.91 Å². The first-order valence-electron chi connectivity index (χ1n) is 5.36. The van der Waals surface area contributed by atoms with Crippen LogP contribution in [-0.2, 0) is 9.53 Å². The molecule has 2 N–H and O–H groups in total. The molecule has 0 saturated heterocycles. The maximum Gasteiger partial charge on any atom is 0.246 e. The van der Waals surface area contributed by atoms with Crippen LogP contribution in [0.4, 0.5) is 0 Å². The molecule has 1 aliphatic rings. The van der Waals surface area contributed by atoms with Gasteiger partial charge in [-0.05, 0) is 19.9 Å². The number of amides is 1. The first-order valence-corrected chi connectivity index (χ1v) is 5.36. The highest BCUT2D eigenvalue weighted by Crippen LogP contribution is 2.20. The molecule has 0 radical (unpaired) electrons. The van der Waals surface area contributed by atoms with Crippen molar-refractivity contribution in [3.63, 3.8) is 0 Å². The zero-order valence-corrected chi connectivity index (χ0v) is 8.84. The van der Waals surface area contributed by atoms with Crippen molar-refractivity contribution in [2.24, 2.45) is 0 Å². The molecule has 0 aliphatic heterocycles. The van der Waals surface area contributed by atoms with E-state index in [1.165, 1.54) is 12.8 Å². The summed E-state index contributed by atoms with van der Waals surface area (Å²) in [4.78, 5) is 11.2. The zero-order chi connectivity index (χ0) is 10.2. The van der Waals surface area contributed by atoms with Gasteiger partial charge in [-0.15, -0.1) is 0 Å². The molecule has 4 heteroatoms. The minimum Gasteiger partial charge on any atom is -0.368 e. The predicted molar refractivity (Wildman–Crippen MR) is 55.1 cm³/mol. The third-order valence-electron chi connectivity index (χ3n) is 2.45. The van der Waals surface area contributed by atoms with Gasteiger partial charge in [0.05, 0.1) is 6.10 Å². The molecule has 0 aromatic heterocycles. The third kappa shape index (κ3) is 4.58. The van der Waals surface area contributed by atoms with Gasteiger partial charge in [-0.1, -0.05) is 12.8 Å². The number of likely N-dealkylation sites (N-methyl/N-ethyl adjacent to an activating group) is 1. The van der Waals surface area contributed by atoms with Crippen molar-refractivity contribution in [1.29, 1.82) is 0 Å². The Hall–Kier alpha value is -0.610. The smallest absolute Gasteiger partial charge is 0.246 e. The summed E-state index contributed by atoms with van der Waals surface area (Å²) in [5, 5.41) is 5.75. The van der Waals surface area contributed by atoms with Crippen molar-refractivity contribution < 1.29 is 9.53 Å². The Morgan fingerprint density at radius 3 is 2.71 bits per heavy atom. The maximum atomic E-state index is 11.2. The second kappa shape index (κ2) is 6.79. The maximum absolute atomic E-state index is 11.2. The normalized spacial score (nSPS) is 17.2. The van der Waals surface area contributed by atoms with Crippen LogP contribution in [0.3, 0.4) is 0 Å². The van der Waals surface area contributed by atoms with Crippen molar-refractivity contribution in [3.8, 4) is 0 Å². The number of rotatable bonds is 6. The van der Waals surface area contributed by atoms with Crippen LogP contribution in [0.1, 0.15) is 25.7 Å². The van der Waals surface area contributed by atoms with E-state index >= 15 is 0 Å². The fraction of sp³-hybridized carbons (Fsp3) is 0.900. The molecule has 1 saturated carbocycles. The van der Waals surface area contributed by atoms with Crippen molar-refractivity contribution in [2.45, 2.75) is 31.8 Å². The molecular formula is C10H20N2O2. The molecule has 1 aliphatic carbocycles. The van der Waals surface area contributed by atoms with Gasteiger partial charge in [-0.2, -0.15) is 0 Å². The lowest BCUT2D eigenvalue weighted by Gasteiger charge is -2.10. The molecule has 1 rings (SSSR count). The van der Waals surface area contributed by atoms with Crippen molar-refractivity contribution in [3.05, 3.63) is 0 Å². The minimum absolute atomic E-state index is 0.00727. The van der Waals surface area contributed by atoms with E-state index in [-0.39, 0.29) is 12.5 Å². The van der Waals surface area contributed by atoms with E-state index in [1.54, 1.807) is 0 Å². The summed E-state index contributed by atoms with van der Waals surface area (Å²) in [6.45, 7) is 1.69. The topological polar surface area (TPSA) is 50.4 Å². The fourth-order valence-corrected chi connectivity index (χ4v) is 1.63. The molecule has 0 heterocycles. The van der Waals surface area contributed by atoms with Crippen LogP contribution in [0.5, 0.6) is 0 Å². The highest BCUT2D eigenvalue weighted by molar-refractivity contribution is 5.77. The Morgan fingerprint density at radius 2 is 2.07 bits per heavy atom. The Kier molecular flexibility index (Phi) is 5.56. The molecule has 1 amide bonds. The highest BCUT2D eigenvalue weighted by atomic mass is 16.5. The second-order valence-electron chi connectivity index (χ2n) is 3.67. The van der Waals surface area contributed by atoms with Crippen LogP contribution in [0.15, 0.2) is 0 Å². The van der Waals surface area contributed by atoms with Gasteiger partial charge in [0, 0.05) is 13.1 Å². The van der Waals surface area contributed by atoms with Crippen LogP contribution in [-0.4, -0.2) is 38.8 Å². The molecule has 0 atom stereocenters. The summed E-state index contributed by atoms with van der Waals surface area (Å²) in [6.07, 6.45) is 5.04. The van der Waals surface area contributed by atoms with Gasteiger partial charge in [0.15, 0.2) is 0 Å². The number of ether oxygens (including phenoxy) is 1. The average Bonchev–Trinajstić information content (AvgIpc) is 2.68. The number of carbonyl (C=O) groups is 1. The van der Waals surface area contributed by atoms with Gasteiger partial charge in [-0.25, -0.2) is 0 Å². The van der Waals surface area contributed by atoms with Crippen LogP contribution < -0.4 is 10.6 Å². The Bertz CT molecular complexity index is 168. The van der Waals surface area contributed by atoms with Gasteiger partial charge in [0.1, 0.15) is 6.61 Å². The number of hydrogen-bond donors (Lipinski definition) is 2. The first kappa shape index (κ1) is 11.5. The molecule has 0 aromatic rings. The molecule has 0 spiro atoms. The van der Waals surface area contributed by atoms with Gasteiger partial charge < -0.3 is 15.4 Å². The van der Waals surface area contributed by atoms with Crippen LogP contribution in [0, 0.1) is 0 Å². The van der Waals surface area contributed by atoms with E-state index in [2.05, 4.69) is 10.6 Å². The van der Waals surface area contributed by atoms with E-state index in [0.29, 0.717) is 12.6 Å². The average molecular weight is 200 g/mol. The summed E-state index contributed by atoms with van der Waals surface area (Å²) in [7, 11) is 1.86. The van der Waals surface area contributed by atoms with Crippen LogP contribution in [0.2, 0.25) is 0 Å². The van der Waals surface area contributed by atoms with Gasteiger partial charge in [-0.3, -0.25) is 4.79 Å². The zero-order valence-electron chi connectivity index (χ0n) is 8.84. The lowest BCUT2D eigenvalue weighted by atomic mass is 10.3.